The lowest BCUT2D eigenvalue weighted by Crippen LogP contribution is -2.43. The van der Waals surface area contributed by atoms with Crippen molar-refractivity contribution in [2.45, 2.75) is 25.6 Å². The minimum absolute atomic E-state index is 0.0123. The Labute approximate surface area is 91.0 Å². The number of aliphatic hydroxyl groups excluding tert-OH is 1. The van der Waals surface area contributed by atoms with Crippen molar-refractivity contribution in [1.82, 2.24) is 0 Å². The summed E-state index contributed by atoms with van der Waals surface area (Å²) in [5, 5.41) is 18.3. The lowest BCUT2D eigenvalue weighted by Gasteiger charge is -2.28. The van der Waals surface area contributed by atoms with E-state index in [1.165, 1.54) is 0 Å². The van der Waals surface area contributed by atoms with E-state index < -0.39 is 5.60 Å². The summed E-state index contributed by atoms with van der Waals surface area (Å²) >= 11 is 0. The Morgan fingerprint density at radius 1 is 1.20 bits per heavy atom. The molecule has 0 saturated heterocycles. The summed E-state index contributed by atoms with van der Waals surface area (Å²) in [6, 6.07) is 0. The van der Waals surface area contributed by atoms with Gasteiger partial charge in [0, 0.05) is 7.11 Å². The van der Waals surface area contributed by atoms with Crippen LogP contribution in [0.5, 0.6) is 0 Å². The molecule has 0 heterocycles. The van der Waals surface area contributed by atoms with Crippen LogP contribution in [0, 0.1) is 0 Å². The fourth-order valence-electron chi connectivity index (χ4n) is 0.935. The van der Waals surface area contributed by atoms with E-state index in [-0.39, 0.29) is 19.3 Å². The molecule has 0 fully saturated rings. The molecule has 0 saturated carbocycles. The molecule has 0 aliphatic heterocycles. The molecule has 2 atom stereocenters. The Bertz CT molecular complexity index is 149. The smallest absolute Gasteiger partial charge is 0.111 e. The second-order valence-electron chi connectivity index (χ2n) is 3.62. The maximum absolute atomic E-state index is 9.85. The van der Waals surface area contributed by atoms with E-state index in [0.717, 1.165) is 0 Å². The van der Waals surface area contributed by atoms with Gasteiger partial charge in [-0.3, -0.25) is 0 Å². The number of hydrogen-bond donors (Lipinski definition) is 2. The van der Waals surface area contributed by atoms with Crippen LogP contribution in [0.3, 0.4) is 0 Å². The predicted molar refractivity (Wildman–Crippen MR) is 55.8 cm³/mol. The third-order valence-corrected chi connectivity index (χ3v) is 2.23. The van der Waals surface area contributed by atoms with Crippen molar-refractivity contribution >= 4 is 0 Å². The van der Waals surface area contributed by atoms with Crippen LogP contribution < -0.4 is 0 Å². The Hall–Kier alpha value is -0.200. The minimum atomic E-state index is -0.994. The molecule has 0 bridgehead atoms. The van der Waals surface area contributed by atoms with Gasteiger partial charge in [0.15, 0.2) is 0 Å². The second-order valence-corrected chi connectivity index (χ2v) is 3.62. The van der Waals surface area contributed by atoms with Gasteiger partial charge in [-0.1, -0.05) is 0 Å². The average Bonchev–Trinajstić information content (AvgIpc) is 2.22. The van der Waals surface area contributed by atoms with Crippen LogP contribution in [-0.4, -0.2) is 62.1 Å². The largest absolute Gasteiger partial charge is 0.394 e. The number of rotatable bonds is 9. The van der Waals surface area contributed by atoms with Gasteiger partial charge in [0.2, 0.25) is 0 Å². The molecule has 2 unspecified atom stereocenters. The highest BCUT2D eigenvalue weighted by Crippen LogP contribution is 2.12. The van der Waals surface area contributed by atoms with Gasteiger partial charge in [-0.05, 0) is 13.8 Å². The van der Waals surface area contributed by atoms with Crippen molar-refractivity contribution in [3.05, 3.63) is 0 Å². The lowest BCUT2D eigenvalue weighted by molar-refractivity contribution is -0.119. The summed E-state index contributed by atoms with van der Waals surface area (Å²) in [5.41, 5.74) is -0.994. The highest BCUT2D eigenvalue weighted by atomic mass is 16.5. The van der Waals surface area contributed by atoms with Crippen molar-refractivity contribution in [3.63, 3.8) is 0 Å². The normalized spacial score (nSPS) is 17.4. The molecule has 0 spiro atoms. The third-order valence-electron chi connectivity index (χ3n) is 2.23. The van der Waals surface area contributed by atoms with Gasteiger partial charge < -0.3 is 24.4 Å². The molecule has 0 rings (SSSR count). The van der Waals surface area contributed by atoms with E-state index in [4.69, 9.17) is 19.3 Å². The maximum atomic E-state index is 9.85. The van der Waals surface area contributed by atoms with Crippen LogP contribution in [0.25, 0.3) is 0 Å². The number of aliphatic hydroxyl groups is 2. The Morgan fingerprint density at radius 2 is 1.80 bits per heavy atom. The van der Waals surface area contributed by atoms with Crippen molar-refractivity contribution < 1.29 is 24.4 Å². The van der Waals surface area contributed by atoms with Gasteiger partial charge in [-0.15, -0.1) is 0 Å². The molecule has 2 N–H and O–H groups in total. The first kappa shape index (κ1) is 14.8. The zero-order valence-corrected chi connectivity index (χ0v) is 9.73. The van der Waals surface area contributed by atoms with Gasteiger partial charge in [0.1, 0.15) is 5.60 Å². The van der Waals surface area contributed by atoms with Crippen molar-refractivity contribution in [2.75, 3.05) is 40.1 Å². The Morgan fingerprint density at radius 3 is 2.33 bits per heavy atom. The molecule has 0 aliphatic rings. The molecular formula is C10H22O5. The molecule has 0 aromatic heterocycles. The molecule has 0 aromatic rings. The molecule has 92 valence electrons. The Kier molecular flexibility index (Phi) is 7.90. The fourth-order valence-corrected chi connectivity index (χ4v) is 0.935. The van der Waals surface area contributed by atoms with Gasteiger partial charge in [-0.25, -0.2) is 0 Å². The number of hydrogen-bond acceptors (Lipinski definition) is 5. The SMILES string of the molecule is COC(C)C(C)(O)COCCOCCO. The summed E-state index contributed by atoms with van der Waals surface area (Å²) in [6.45, 7) is 4.78. The van der Waals surface area contributed by atoms with Gasteiger partial charge in [-0.2, -0.15) is 0 Å². The van der Waals surface area contributed by atoms with E-state index in [1.54, 1.807) is 21.0 Å². The molecule has 15 heavy (non-hydrogen) atoms. The number of ether oxygens (including phenoxy) is 3. The monoisotopic (exact) mass is 222 g/mol. The predicted octanol–water partition coefficient (Wildman–Crippen LogP) is -0.202. The summed E-state index contributed by atoms with van der Waals surface area (Å²) in [5.74, 6) is 0. The van der Waals surface area contributed by atoms with E-state index in [9.17, 15) is 5.11 Å². The van der Waals surface area contributed by atoms with Crippen molar-refractivity contribution in [3.8, 4) is 0 Å². The molecular weight excluding hydrogens is 200 g/mol. The lowest BCUT2D eigenvalue weighted by atomic mass is 10.0. The fraction of sp³-hybridized carbons (Fsp3) is 1.00. The summed E-state index contributed by atoms with van der Waals surface area (Å²) in [4.78, 5) is 0. The highest BCUT2D eigenvalue weighted by molar-refractivity contribution is 4.79. The average molecular weight is 222 g/mol. The van der Waals surface area contributed by atoms with Crippen LogP contribution in [0.4, 0.5) is 0 Å². The standard InChI is InChI=1S/C10H22O5/c1-9(13-3)10(2,12)8-15-7-6-14-5-4-11/h9,11-12H,4-8H2,1-3H3. The maximum Gasteiger partial charge on any atom is 0.111 e. The zero-order valence-electron chi connectivity index (χ0n) is 9.73. The van der Waals surface area contributed by atoms with Crippen LogP contribution in [0.2, 0.25) is 0 Å². The third kappa shape index (κ3) is 6.81. The van der Waals surface area contributed by atoms with E-state index in [0.29, 0.717) is 19.8 Å². The van der Waals surface area contributed by atoms with E-state index in [2.05, 4.69) is 0 Å². The van der Waals surface area contributed by atoms with Gasteiger partial charge in [0.05, 0.1) is 39.1 Å². The summed E-state index contributed by atoms with van der Waals surface area (Å²) in [7, 11) is 1.55. The summed E-state index contributed by atoms with van der Waals surface area (Å²) in [6.07, 6.45) is -0.282. The van der Waals surface area contributed by atoms with Gasteiger partial charge >= 0.3 is 0 Å². The number of methoxy groups -OCH3 is 1. The summed E-state index contributed by atoms with van der Waals surface area (Å²) < 4.78 is 15.2. The van der Waals surface area contributed by atoms with Crippen molar-refractivity contribution in [1.29, 1.82) is 0 Å². The Balaban J connectivity index is 3.48. The van der Waals surface area contributed by atoms with Crippen LogP contribution in [0.1, 0.15) is 13.8 Å². The molecule has 5 nitrogen and oxygen atoms in total. The van der Waals surface area contributed by atoms with Gasteiger partial charge in [0.25, 0.3) is 0 Å². The second kappa shape index (κ2) is 8.01. The first-order valence-electron chi connectivity index (χ1n) is 5.06. The molecule has 0 aliphatic carbocycles. The zero-order chi connectivity index (χ0) is 11.7. The molecule has 5 heteroatoms. The van der Waals surface area contributed by atoms with Crippen molar-refractivity contribution in [2.24, 2.45) is 0 Å². The molecule has 0 amide bonds. The first-order valence-corrected chi connectivity index (χ1v) is 5.06. The highest BCUT2D eigenvalue weighted by Gasteiger charge is 2.28. The van der Waals surface area contributed by atoms with Crippen LogP contribution >= 0.6 is 0 Å². The first-order chi connectivity index (χ1) is 7.04. The molecule has 0 radical (unpaired) electrons. The van der Waals surface area contributed by atoms with Crippen LogP contribution in [0.15, 0.2) is 0 Å². The van der Waals surface area contributed by atoms with E-state index in [1.807, 2.05) is 0 Å². The molecule has 0 aromatic carbocycles. The van der Waals surface area contributed by atoms with Crippen LogP contribution in [-0.2, 0) is 14.2 Å². The topological polar surface area (TPSA) is 68.2 Å². The minimum Gasteiger partial charge on any atom is -0.394 e. The van der Waals surface area contributed by atoms with E-state index >= 15 is 0 Å². The quantitative estimate of drug-likeness (QED) is 0.529.